The topological polar surface area (TPSA) is 71.9 Å². The zero-order valence-electron chi connectivity index (χ0n) is 12.8. The van der Waals surface area contributed by atoms with Crippen molar-refractivity contribution < 1.29 is 4.74 Å². The lowest BCUT2D eigenvalue weighted by Gasteiger charge is -2.15. The van der Waals surface area contributed by atoms with E-state index in [1.807, 2.05) is 32.9 Å². The molecule has 0 aromatic carbocycles. The molecule has 2 N–H and O–H groups in total. The molecule has 0 atom stereocenters. The Labute approximate surface area is 122 Å². The average molecular weight is 275 g/mol. The fourth-order valence-electron chi connectivity index (χ4n) is 1.95. The molecule has 110 valence electrons. The number of pyridine rings is 1. The van der Waals surface area contributed by atoms with Crippen LogP contribution in [0.15, 0.2) is 12.1 Å². The quantitative estimate of drug-likeness (QED) is 0.740. The maximum Gasteiger partial charge on any atom is 0.140 e. The lowest BCUT2D eigenvalue weighted by Crippen LogP contribution is -2.10. The van der Waals surface area contributed by atoms with Crippen LogP contribution in [0.25, 0.3) is 0 Å². The predicted octanol–water partition coefficient (Wildman–Crippen LogP) is 2.99. The summed E-state index contributed by atoms with van der Waals surface area (Å²) in [6.45, 7) is 7.13. The summed E-state index contributed by atoms with van der Waals surface area (Å²) in [5.41, 5.74) is 7.27. The molecule has 0 unspecified atom stereocenters. The zero-order chi connectivity index (χ0) is 15.0. The highest BCUT2D eigenvalue weighted by atomic mass is 16.5. The Morgan fingerprint density at radius 2 is 2.10 bits per heavy atom. The molecule has 20 heavy (non-hydrogen) atoms. The van der Waals surface area contributed by atoms with Gasteiger partial charge in [0.05, 0.1) is 23.8 Å². The summed E-state index contributed by atoms with van der Waals surface area (Å²) in [5.74, 6) is 0.834. The van der Waals surface area contributed by atoms with Crippen molar-refractivity contribution in [3.05, 3.63) is 23.5 Å². The van der Waals surface area contributed by atoms with Gasteiger partial charge in [-0.25, -0.2) is 0 Å². The third-order valence-corrected chi connectivity index (χ3v) is 3.21. The molecule has 1 aromatic heterocycles. The summed E-state index contributed by atoms with van der Waals surface area (Å²) in [7, 11) is 0. The fraction of sp³-hybridized carbons (Fsp3) is 0.625. The lowest BCUT2D eigenvalue weighted by molar-refractivity contribution is 0.291. The first-order valence-electron chi connectivity index (χ1n) is 7.19. The van der Waals surface area contributed by atoms with E-state index in [4.69, 9.17) is 15.7 Å². The van der Waals surface area contributed by atoms with Crippen LogP contribution in [-0.4, -0.2) is 18.1 Å². The van der Waals surface area contributed by atoms with Crippen LogP contribution in [0.5, 0.6) is 5.75 Å². The van der Waals surface area contributed by atoms with E-state index in [2.05, 4.69) is 11.1 Å². The number of nitrogens with two attached hydrogens (primary N) is 1. The van der Waals surface area contributed by atoms with E-state index in [-0.39, 0.29) is 5.41 Å². The van der Waals surface area contributed by atoms with E-state index in [1.54, 1.807) is 0 Å². The number of hydrogen-bond acceptors (Lipinski definition) is 4. The van der Waals surface area contributed by atoms with E-state index in [0.717, 1.165) is 42.8 Å². The second kappa shape index (κ2) is 7.86. The third-order valence-electron chi connectivity index (χ3n) is 3.21. The van der Waals surface area contributed by atoms with Gasteiger partial charge in [-0.3, -0.25) is 4.98 Å². The Hall–Kier alpha value is -1.60. The van der Waals surface area contributed by atoms with Gasteiger partial charge >= 0.3 is 0 Å². The van der Waals surface area contributed by atoms with Gasteiger partial charge in [0.15, 0.2) is 0 Å². The Balaban J connectivity index is 2.41. The standard InChI is InChI=1S/C16H25N3O/c1-13-6-7-15(14(19-13)8-10-17)20-11-5-4-9-16(2,3)12-18/h6-7H,4-5,8-11,17H2,1-3H3. The average Bonchev–Trinajstić information content (AvgIpc) is 2.41. The van der Waals surface area contributed by atoms with Crippen LogP contribution in [0, 0.1) is 23.7 Å². The number of aryl methyl sites for hydroxylation is 1. The van der Waals surface area contributed by atoms with E-state index >= 15 is 0 Å². The van der Waals surface area contributed by atoms with Crippen LogP contribution in [0.1, 0.15) is 44.5 Å². The van der Waals surface area contributed by atoms with Gasteiger partial charge in [0.2, 0.25) is 0 Å². The molecular weight excluding hydrogens is 250 g/mol. The monoisotopic (exact) mass is 275 g/mol. The van der Waals surface area contributed by atoms with Gasteiger partial charge in [0.25, 0.3) is 0 Å². The maximum absolute atomic E-state index is 8.95. The molecule has 0 saturated carbocycles. The van der Waals surface area contributed by atoms with E-state index in [1.165, 1.54) is 0 Å². The molecule has 0 bridgehead atoms. The smallest absolute Gasteiger partial charge is 0.140 e. The Bertz CT molecular complexity index is 463. The maximum atomic E-state index is 8.95. The normalized spacial score (nSPS) is 11.2. The van der Waals surface area contributed by atoms with Crippen LogP contribution in [0.2, 0.25) is 0 Å². The fourth-order valence-corrected chi connectivity index (χ4v) is 1.95. The van der Waals surface area contributed by atoms with Gasteiger partial charge in [0, 0.05) is 12.1 Å². The second-order valence-electron chi connectivity index (χ2n) is 5.74. The molecule has 4 nitrogen and oxygen atoms in total. The molecule has 0 aliphatic rings. The highest BCUT2D eigenvalue weighted by molar-refractivity contribution is 5.29. The second-order valence-corrected chi connectivity index (χ2v) is 5.74. The summed E-state index contributed by atoms with van der Waals surface area (Å²) < 4.78 is 5.79. The Morgan fingerprint density at radius 1 is 1.35 bits per heavy atom. The molecule has 0 amide bonds. The van der Waals surface area contributed by atoms with E-state index in [0.29, 0.717) is 13.2 Å². The van der Waals surface area contributed by atoms with Crippen molar-refractivity contribution in [1.82, 2.24) is 4.98 Å². The molecule has 0 saturated heterocycles. The zero-order valence-corrected chi connectivity index (χ0v) is 12.8. The SMILES string of the molecule is Cc1ccc(OCCCCC(C)(C)C#N)c(CCN)n1. The highest BCUT2D eigenvalue weighted by Gasteiger charge is 2.15. The van der Waals surface area contributed by atoms with Crippen molar-refractivity contribution in [3.63, 3.8) is 0 Å². The first-order valence-corrected chi connectivity index (χ1v) is 7.19. The molecule has 0 aliphatic carbocycles. The molecule has 1 rings (SSSR count). The van der Waals surface area contributed by atoms with Crippen molar-refractivity contribution in [3.8, 4) is 11.8 Å². The summed E-state index contributed by atoms with van der Waals surface area (Å²) in [6, 6.07) is 6.23. The van der Waals surface area contributed by atoms with Crippen LogP contribution >= 0.6 is 0 Å². The number of rotatable bonds is 8. The Morgan fingerprint density at radius 3 is 2.75 bits per heavy atom. The van der Waals surface area contributed by atoms with E-state index in [9.17, 15) is 0 Å². The Kier molecular flexibility index (Phi) is 6.47. The summed E-state index contributed by atoms with van der Waals surface area (Å²) in [6.07, 6.45) is 3.57. The lowest BCUT2D eigenvalue weighted by atomic mass is 9.89. The number of unbranched alkanes of at least 4 members (excludes halogenated alkanes) is 1. The largest absolute Gasteiger partial charge is 0.492 e. The number of aromatic nitrogens is 1. The molecule has 0 aliphatic heterocycles. The minimum atomic E-state index is -0.240. The van der Waals surface area contributed by atoms with Crippen molar-refractivity contribution >= 4 is 0 Å². The molecular formula is C16H25N3O. The summed E-state index contributed by atoms with van der Waals surface area (Å²) in [4.78, 5) is 4.47. The highest BCUT2D eigenvalue weighted by Crippen LogP contribution is 2.22. The molecule has 0 radical (unpaired) electrons. The first-order chi connectivity index (χ1) is 9.48. The van der Waals surface area contributed by atoms with Gasteiger partial charge in [-0.05, 0) is 58.7 Å². The minimum absolute atomic E-state index is 0.240. The summed E-state index contributed by atoms with van der Waals surface area (Å²) >= 11 is 0. The molecule has 1 aromatic rings. The van der Waals surface area contributed by atoms with Gasteiger partial charge in [-0.1, -0.05) is 0 Å². The van der Waals surface area contributed by atoms with Crippen LogP contribution in [0.4, 0.5) is 0 Å². The van der Waals surface area contributed by atoms with Gasteiger partial charge in [-0.15, -0.1) is 0 Å². The number of hydrogen-bond donors (Lipinski definition) is 1. The van der Waals surface area contributed by atoms with Crippen molar-refractivity contribution in [2.45, 2.75) is 46.5 Å². The van der Waals surface area contributed by atoms with Gasteiger partial charge < -0.3 is 10.5 Å². The van der Waals surface area contributed by atoms with Gasteiger partial charge in [-0.2, -0.15) is 5.26 Å². The molecule has 0 fully saturated rings. The van der Waals surface area contributed by atoms with Crippen LogP contribution in [-0.2, 0) is 6.42 Å². The first kappa shape index (κ1) is 16.5. The van der Waals surface area contributed by atoms with Crippen molar-refractivity contribution in [2.75, 3.05) is 13.2 Å². The minimum Gasteiger partial charge on any atom is -0.492 e. The van der Waals surface area contributed by atoms with Gasteiger partial charge in [0.1, 0.15) is 5.75 Å². The number of nitrogens with zero attached hydrogens (tertiary/aromatic N) is 2. The third kappa shape index (κ3) is 5.58. The molecule has 0 spiro atoms. The van der Waals surface area contributed by atoms with Crippen LogP contribution in [0.3, 0.4) is 0 Å². The molecule has 1 heterocycles. The van der Waals surface area contributed by atoms with E-state index < -0.39 is 0 Å². The summed E-state index contributed by atoms with van der Waals surface area (Å²) in [5, 5.41) is 8.95. The van der Waals surface area contributed by atoms with Crippen LogP contribution < -0.4 is 10.5 Å². The van der Waals surface area contributed by atoms with Crippen molar-refractivity contribution in [2.24, 2.45) is 11.1 Å². The number of nitriles is 1. The molecule has 4 heteroatoms. The predicted molar refractivity (Wildman–Crippen MR) is 80.5 cm³/mol. The van der Waals surface area contributed by atoms with Crippen molar-refractivity contribution in [1.29, 1.82) is 5.26 Å². The number of ether oxygens (including phenoxy) is 1.